The second kappa shape index (κ2) is 14.9. The van der Waals surface area contributed by atoms with E-state index >= 15 is 0 Å². The van der Waals surface area contributed by atoms with Gasteiger partial charge in [0.1, 0.15) is 15.5 Å². The maximum absolute atomic E-state index is 14.8. The molecule has 0 spiro atoms. The largest absolute Gasteiger partial charge is 0.496 e. The molecule has 1 amide bonds. The Bertz CT molecular complexity index is 2100. The molecule has 0 N–H and O–H groups in total. The summed E-state index contributed by atoms with van der Waals surface area (Å²) in [4.78, 5) is 31.1. The zero-order valence-electron chi connectivity index (χ0n) is 27.3. The molecule has 5 aromatic rings. The second-order valence-corrected chi connectivity index (χ2v) is 16.1. The molecule has 3 heterocycles. The van der Waals surface area contributed by atoms with E-state index in [-0.39, 0.29) is 24.0 Å². The first-order chi connectivity index (χ1) is 23.6. The van der Waals surface area contributed by atoms with E-state index in [4.69, 9.17) is 9.47 Å². The molecule has 256 valence electrons. The van der Waals surface area contributed by atoms with E-state index in [0.717, 1.165) is 20.4 Å². The standard InChI is InChI=1S/C36H36BrN3O6S3/c1-4-46-36(42)33-24(2)27-23-26(13-14-32(27)48-33)49(43,44)40(17-15-25-9-5-8-12-31(25)45-3)30-11-7-6-10-29(30)38-18-20-39(21-19-38)35(41)34-28(37)16-22-47-34/h5-14,16,22-23H,4,15,17-21H2,1-3H3. The minimum atomic E-state index is -4.11. The van der Waals surface area contributed by atoms with Crippen molar-refractivity contribution in [3.8, 4) is 5.75 Å². The Kier molecular flexibility index (Phi) is 10.6. The van der Waals surface area contributed by atoms with E-state index in [1.165, 1.54) is 27.0 Å². The first-order valence-electron chi connectivity index (χ1n) is 15.8. The molecule has 0 radical (unpaired) electrons. The quantitative estimate of drug-likeness (QED) is 0.127. The van der Waals surface area contributed by atoms with Gasteiger partial charge in [0.25, 0.3) is 15.9 Å². The Morgan fingerprint density at radius 1 is 0.959 bits per heavy atom. The molecule has 13 heteroatoms. The van der Waals surface area contributed by atoms with Crippen LogP contribution in [0.15, 0.2) is 87.5 Å². The zero-order chi connectivity index (χ0) is 34.7. The van der Waals surface area contributed by atoms with Gasteiger partial charge in [0.2, 0.25) is 0 Å². The molecule has 0 aliphatic carbocycles. The lowest BCUT2D eigenvalue weighted by molar-refractivity contribution is 0.0531. The lowest BCUT2D eigenvalue weighted by atomic mass is 10.1. The fraction of sp³-hybridized carbons (Fsp3) is 0.278. The van der Waals surface area contributed by atoms with Gasteiger partial charge in [0.15, 0.2) is 0 Å². The lowest BCUT2D eigenvalue weighted by Gasteiger charge is -2.38. The number of ether oxygens (including phenoxy) is 2. The number of benzene rings is 3. The van der Waals surface area contributed by atoms with Crippen molar-refractivity contribution >= 4 is 82.0 Å². The van der Waals surface area contributed by atoms with Gasteiger partial charge in [-0.05, 0) is 101 Å². The van der Waals surface area contributed by atoms with Gasteiger partial charge >= 0.3 is 5.97 Å². The van der Waals surface area contributed by atoms with E-state index in [9.17, 15) is 18.0 Å². The number of carbonyl (C=O) groups is 2. The van der Waals surface area contributed by atoms with E-state index in [2.05, 4.69) is 20.8 Å². The summed E-state index contributed by atoms with van der Waals surface area (Å²) in [6.07, 6.45) is 0.405. The van der Waals surface area contributed by atoms with Crippen molar-refractivity contribution in [1.82, 2.24) is 4.90 Å². The lowest BCUT2D eigenvalue weighted by Crippen LogP contribution is -2.49. The molecule has 0 bridgehead atoms. The van der Waals surface area contributed by atoms with Crippen molar-refractivity contribution in [2.45, 2.75) is 25.2 Å². The number of esters is 1. The Labute approximate surface area is 302 Å². The van der Waals surface area contributed by atoms with Crippen LogP contribution in [0.3, 0.4) is 0 Å². The van der Waals surface area contributed by atoms with Gasteiger partial charge in [0, 0.05) is 41.9 Å². The molecule has 1 fully saturated rings. The summed E-state index contributed by atoms with van der Waals surface area (Å²) in [6.45, 7) is 6.07. The van der Waals surface area contributed by atoms with Crippen LogP contribution in [-0.2, 0) is 21.2 Å². The van der Waals surface area contributed by atoms with E-state index in [1.807, 2.05) is 71.8 Å². The van der Waals surface area contributed by atoms with Gasteiger partial charge in [-0.15, -0.1) is 22.7 Å². The SMILES string of the molecule is CCOC(=O)c1sc2ccc(S(=O)(=O)N(CCc3ccccc3OC)c3ccccc3N3CCN(C(=O)c4sccc4Br)CC3)cc2c1C. The number of hydrogen-bond acceptors (Lipinski definition) is 9. The van der Waals surface area contributed by atoms with Crippen LogP contribution in [0.4, 0.5) is 11.4 Å². The summed E-state index contributed by atoms with van der Waals surface area (Å²) in [6, 6.07) is 22.0. The smallest absolute Gasteiger partial charge is 0.348 e. The number of hydrogen-bond donors (Lipinski definition) is 0. The van der Waals surface area contributed by atoms with Crippen molar-refractivity contribution in [2.75, 3.05) is 55.6 Å². The number of fused-ring (bicyclic) bond motifs is 1. The molecule has 9 nitrogen and oxygen atoms in total. The number of thiophene rings is 2. The van der Waals surface area contributed by atoms with Crippen molar-refractivity contribution < 1.29 is 27.5 Å². The minimum absolute atomic E-state index is 0.0129. The molecule has 0 saturated carbocycles. The highest BCUT2D eigenvalue weighted by Crippen LogP contribution is 2.38. The number of carbonyl (C=O) groups excluding carboxylic acids is 2. The molecule has 1 saturated heterocycles. The number of sulfonamides is 1. The highest BCUT2D eigenvalue weighted by Gasteiger charge is 2.31. The van der Waals surface area contributed by atoms with E-state index < -0.39 is 16.0 Å². The van der Waals surface area contributed by atoms with Crippen LogP contribution in [0.25, 0.3) is 10.1 Å². The number of amides is 1. The molecule has 1 aliphatic heterocycles. The Hall–Kier alpha value is -3.91. The molecule has 2 aromatic heterocycles. The molecule has 0 unspecified atom stereocenters. The van der Waals surface area contributed by atoms with Gasteiger partial charge in [-0.1, -0.05) is 30.3 Å². The summed E-state index contributed by atoms with van der Waals surface area (Å²) in [5.41, 5.74) is 2.90. The maximum atomic E-state index is 14.8. The molecule has 1 aliphatic rings. The van der Waals surface area contributed by atoms with Crippen molar-refractivity contribution in [1.29, 1.82) is 0 Å². The molecule has 6 rings (SSSR count). The van der Waals surface area contributed by atoms with Gasteiger partial charge in [-0.25, -0.2) is 13.2 Å². The number of methoxy groups -OCH3 is 1. The normalized spacial score (nSPS) is 13.5. The number of anilines is 2. The van der Waals surface area contributed by atoms with Crippen LogP contribution in [0, 0.1) is 6.92 Å². The van der Waals surface area contributed by atoms with Gasteiger partial charge in [-0.2, -0.15) is 0 Å². The number of nitrogens with zero attached hydrogens (tertiary/aromatic N) is 3. The average molecular weight is 783 g/mol. The third kappa shape index (κ3) is 7.07. The van der Waals surface area contributed by atoms with Crippen LogP contribution < -0.4 is 13.9 Å². The number of piperazine rings is 1. The second-order valence-electron chi connectivity index (χ2n) is 11.4. The third-order valence-electron chi connectivity index (χ3n) is 8.60. The molecule has 49 heavy (non-hydrogen) atoms. The first-order valence-corrected chi connectivity index (χ1v) is 19.8. The molecular formula is C36H36BrN3O6S3. The monoisotopic (exact) mass is 781 g/mol. The summed E-state index contributed by atoms with van der Waals surface area (Å²) in [5.74, 6) is 0.261. The Balaban J connectivity index is 1.36. The summed E-state index contributed by atoms with van der Waals surface area (Å²) in [5, 5.41) is 2.59. The van der Waals surface area contributed by atoms with Gasteiger partial charge in [0.05, 0.1) is 30.0 Å². The summed E-state index contributed by atoms with van der Waals surface area (Å²) >= 11 is 6.19. The van der Waals surface area contributed by atoms with Gasteiger partial charge in [-0.3, -0.25) is 9.10 Å². The van der Waals surface area contributed by atoms with Crippen LogP contribution in [-0.4, -0.2) is 71.6 Å². The maximum Gasteiger partial charge on any atom is 0.348 e. The average Bonchev–Trinajstić information content (AvgIpc) is 3.70. The van der Waals surface area contributed by atoms with Crippen LogP contribution in [0.5, 0.6) is 5.75 Å². The zero-order valence-corrected chi connectivity index (χ0v) is 31.4. The predicted octanol–water partition coefficient (Wildman–Crippen LogP) is 7.62. The number of halogens is 1. The number of aryl methyl sites for hydroxylation is 1. The van der Waals surface area contributed by atoms with Crippen molar-refractivity contribution in [2.24, 2.45) is 0 Å². The summed E-state index contributed by atoms with van der Waals surface area (Å²) in [7, 11) is -2.50. The van der Waals surface area contributed by atoms with E-state index in [1.54, 1.807) is 32.2 Å². The molecule has 0 atom stereocenters. The van der Waals surface area contributed by atoms with Crippen LogP contribution >= 0.6 is 38.6 Å². The fourth-order valence-corrected chi connectivity index (χ4v) is 10.2. The highest BCUT2D eigenvalue weighted by atomic mass is 79.9. The molecular weight excluding hydrogens is 747 g/mol. The first kappa shape index (κ1) is 34.9. The van der Waals surface area contributed by atoms with Crippen molar-refractivity contribution in [3.63, 3.8) is 0 Å². The fourth-order valence-electron chi connectivity index (χ4n) is 6.06. The third-order valence-corrected chi connectivity index (χ3v) is 13.5. The minimum Gasteiger partial charge on any atom is -0.496 e. The highest BCUT2D eigenvalue weighted by molar-refractivity contribution is 9.10. The number of rotatable bonds is 11. The predicted molar refractivity (Wildman–Crippen MR) is 200 cm³/mol. The Morgan fingerprint density at radius 3 is 2.41 bits per heavy atom. The molecule has 3 aromatic carbocycles. The summed E-state index contributed by atoms with van der Waals surface area (Å²) < 4.78 is 43.5. The van der Waals surface area contributed by atoms with Gasteiger partial charge < -0.3 is 19.3 Å². The van der Waals surface area contributed by atoms with Crippen LogP contribution in [0.2, 0.25) is 0 Å². The van der Waals surface area contributed by atoms with E-state index in [0.29, 0.717) is 64.7 Å². The van der Waals surface area contributed by atoms with Crippen LogP contribution in [0.1, 0.15) is 37.4 Å². The topological polar surface area (TPSA) is 96.5 Å². The van der Waals surface area contributed by atoms with Crippen molar-refractivity contribution in [3.05, 3.63) is 104 Å². The number of para-hydroxylation sites is 3. The Morgan fingerprint density at radius 2 is 1.69 bits per heavy atom.